The van der Waals surface area contributed by atoms with Gasteiger partial charge in [-0.05, 0) is 6.08 Å². The molecule has 0 aliphatic carbocycles. The maximum Gasteiger partial charge on any atom is 0.180 e. The number of rotatable bonds is 1. The molecular formula is C5H6N2S. The van der Waals surface area contributed by atoms with E-state index in [0.717, 1.165) is 5.69 Å². The number of hydrogen-bond acceptors (Lipinski definition) is 3. The molecule has 0 saturated heterocycles. The SMILES string of the molecule is C=Cc1csc(N)n1. The highest BCUT2D eigenvalue weighted by molar-refractivity contribution is 7.13. The van der Waals surface area contributed by atoms with E-state index in [1.165, 1.54) is 11.3 Å². The lowest BCUT2D eigenvalue weighted by molar-refractivity contribution is 1.39. The Morgan fingerprint density at radius 1 is 1.88 bits per heavy atom. The predicted molar refractivity (Wildman–Crippen MR) is 36.6 cm³/mol. The van der Waals surface area contributed by atoms with Gasteiger partial charge in [0.05, 0.1) is 5.69 Å². The second-order valence-electron chi connectivity index (χ2n) is 1.31. The number of aromatic nitrogens is 1. The topological polar surface area (TPSA) is 38.9 Å². The zero-order valence-electron chi connectivity index (χ0n) is 4.29. The maximum atomic E-state index is 5.31. The Hall–Kier alpha value is -0.830. The zero-order chi connectivity index (χ0) is 5.98. The predicted octanol–water partition coefficient (Wildman–Crippen LogP) is 1.37. The fourth-order valence-electron chi connectivity index (χ4n) is 0.394. The van der Waals surface area contributed by atoms with Gasteiger partial charge in [-0.15, -0.1) is 11.3 Å². The summed E-state index contributed by atoms with van der Waals surface area (Å²) in [5.41, 5.74) is 6.17. The first kappa shape index (κ1) is 5.31. The minimum Gasteiger partial charge on any atom is -0.375 e. The molecule has 0 spiro atoms. The first-order chi connectivity index (χ1) is 3.83. The Morgan fingerprint density at radius 2 is 2.62 bits per heavy atom. The van der Waals surface area contributed by atoms with Crippen LogP contribution in [0.15, 0.2) is 12.0 Å². The van der Waals surface area contributed by atoms with Crippen molar-refractivity contribution in [2.75, 3.05) is 5.73 Å². The Balaban J connectivity index is 3.00. The molecule has 0 bridgehead atoms. The van der Waals surface area contributed by atoms with Crippen LogP contribution in [-0.2, 0) is 0 Å². The van der Waals surface area contributed by atoms with Gasteiger partial charge in [0, 0.05) is 5.38 Å². The number of hydrogen-bond donors (Lipinski definition) is 1. The van der Waals surface area contributed by atoms with Crippen molar-refractivity contribution in [3.8, 4) is 0 Å². The molecule has 0 fully saturated rings. The summed E-state index contributed by atoms with van der Waals surface area (Å²) in [5, 5.41) is 2.46. The van der Waals surface area contributed by atoms with Crippen molar-refractivity contribution in [1.29, 1.82) is 0 Å². The van der Waals surface area contributed by atoms with E-state index in [4.69, 9.17) is 5.73 Å². The second-order valence-corrected chi connectivity index (χ2v) is 2.20. The lowest BCUT2D eigenvalue weighted by Crippen LogP contribution is -1.80. The molecule has 0 atom stereocenters. The van der Waals surface area contributed by atoms with Crippen molar-refractivity contribution in [2.24, 2.45) is 0 Å². The van der Waals surface area contributed by atoms with Crippen LogP contribution in [0, 0.1) is 0 Å². The summed E-state index contributed by atoms with van der Waals surface area (Å²) in [6.45, 7) is 3.53. The summed E-state index contributed by atoms with van der Waals surface area (Å²) in [7, 11) is 0. The quantitative estimate of drug-likeness (QED) is 0.617. The van der Waals surface area contributed by atoms with Gasteiger partial charge < -0.3 is 5.73 Å². The number of thiazole rings is 1. The third-order valence-corrected chi connectivity index (χ3v) is 1.44. The molecule has 0 aliphatic heterocycles. The van der Waals surface area contributed by atoms with Crippen LogP contribution in [0.1, 0.15) is 5.69 Å². The fourth-order valence-corrected chi connectivity index (χ4v) is 0.943. The van der Waals surface area contributed by atoms with Crippen molar-refractivity contribution in [1.82, 2.24) is 4.98 Å². The van der Waals surface area contributed by atoms with Crippen LogP contribution in [0.3, 0.4) is 0 Å². The van der Waals surface area contributed by atoms with Gasteiger partial charge in [0.2, 0.25) is 0 Å². The van der Waals surface area contributed by atoms with Gasteiger partial charge in [0.25, 0.3) is 0 Å². The standard InChI is InChI=1S/C5H6N2S/c1-2-4-3-8-5(6)7-4/h2-3H,1H2,(H2,6,7). The third kappa shape index (κ3) is 0.869. The van der Waals surface area contributed by atoms with Gasteiger partial charge in [0.15, 0.2) is 5.13 Å². The molecule has 3 heteroatoms. The lowest BCUT2D eigenvalue weighted by atomic mass is 10.5. The average molecular weight is 126 g/mol. The molecule has 0 saturated carbocycles. The first-order valence-electron chi connectivity index (χ1n) is 2.16. The summed E-state index contributed by atoms with van der Waals surface area (Å²) in [6, 6.07) is 0. The molecule has 2 N–H and O–H groups in total. The number of nitrogen functional groups attached to an aromatic ring is 1. The van der Waals surface area contributed by atoms with Crippen molar-refractivity contribution in [2.45, 2.75) is 0 Å². The summed E-state index contributed by atoms with van der Waals surface area (Å²) < 4.78 is 0. The van der Waals surface area contributed by atoms with Gasteiger partial charge in [-0.2, -0.15) is 0 Å². The average Bonchev–Trinajstić information content (AvgIpc) is 2.14. The molecule has 42 valence electrons. The largest absolute Gasteiger partial charge is 0.375 e. The third-order valence-electron chi connectivity index (χ3n) is 0.749. The molecule has 8 heavy (non-hydrogen) atoms. The highest BCUT2D eigenvalue weighted by Gasteiger charge is 1.89. The summed E-state index contributed by atoms with van der Waals surface area (Å²) in [5.74, 6) is 0. The van der Waals surface area contributed by atoms with Crippen molar-refractivity contribution < 1.29 is 0 Å². The van der Waals surface area contributed by atoms with Crippen molar-refractivity contribution >= 4 is 22.5 Å². The van der Waals surface area contributed by atoms with E-state index in [-0.39, 0.29) is 0 Å². The minimum atomic E-state index is 0.597. The molecule has 0 amide bonds. The van der Waals surface area contributed by atoms with E-state index in [2.05, 4.69) is 11.6 Å². The van der Waals surface area contributed by atoms with Crippen LogP contribution in [0.4, 0.5) is 5.13 Å². The number of anilines is 1. The van der Waals surface area contributed by atoms with Gasteiger partial charge in [-0.1, -0.05) is 6.58 Å². The number of nitrogens with zero attached hydrogens (tertiary/aromatic N) is 1. The van der Waals surface area contributed by atoms with E-state index in [9.17, 15) is 0 Å². The van der Waals surface area contributed by atoms with Crippen LogP contribution in [0.5, 0.6) is 0 Å². The molecule has 1 aromatic rings. The van der Waals surface area contributed by atoms with Gasteiger partial charge in [-0.3, -0.25) is 0 Å². The van der Waals surface area contributed by atoms with Gasteiger partial charge in [-0.25, -0.2) is 4.98 Å². The van der Waals surface area contributed by atoms with E-state index < -0.39 is 0 Å². The van der Waals surface area contributed by atoms with Gasteiger partial charge >= 0.3 is 0 Å². The van der Waals surface area contributed by atoms with Crippen LogP contribution in [0.2, 0.25) is 0 Å². The number of nitrogens with two attached hydrogens (primary N) is 1. The fraction of sp³-hybridized carbons (Fsp3) is 0. The minimum absolute atomic E-state index is 0.597. The van der Waals surface area contributed by atoms with E-state index >= 15 is 0 Å². The first-order valence-corrected chi connectivity index (χ1v) is 3.04. The molecule has 0 aromatic carbocycles. The molecule has 2 nitrogen and oxygen atoms in total. The van der Waals surface area contributed by atoms with E-state index in [1.807, 2.05) is 5.38 Å². The van der Waals surface area contributed by atoms with E-state index in [1.54, 1.807) is 6.08 Å². The molecule has 1 aromatic heterocycles. The highest BCUT2D eigenvalue weighted by atomic mass is 32.1. The maximum absolute atomic E-state index is 5.31. The zero-order valence-corrected chi connectivity index (χ0v) is 5.11. The van der Waals surface area contributed by atoms with Crippen LogP contribution < -0.4 is 5.73 Å². The summed E-state index contributed by atoms with van der Waals surface area (Å²) in [6.07, 6.45) is 1.67. The van der Waals surface area contributed by atoms with Crippen LogP contribution in [0.25, 0.3) is 6.08 Å². The highest BCUT2D eigenvalue weighted by Crippen LogP contribution is 2.10. The Morgan fingerprint density at radius 3 is 2.88 bits per heavy atom. The normalized spacial score (nSPS) is 9.00. The molecule has 0 unspecified atom stereocenters. The lowest BCUT2D eigenvalue weighted by Gasteiger charge is -1.74. The Kier molecular flexibility index (Phi) is 1.30. The smallest absolute Gasteiger partial charge is 0.180 e. The summed E-state index contributed by atoms with van der Waals surface area (Å²) >= 11 is 1.42. The van der Waals surface area contributed by atoms with Crippen LogP contribution >= 0.6 is 11.3 Å². The van der Waals surface area contributed by atoms with Crippen molar-refractivity contribution in [3.63, 3.8) is 0 Å². The molecule has 0 radical (unpaired) electrons. The van der Waals surface area contributed by atoms with E-state index in [0.29, 0.717) is 5.13 Å². The van der Waals surface area contributed by atoms with Crippen molar-refractivity contribution in [3.05, 3.63) is 17.7 Å². The van der Waals surface area contributed by atoms with Crippen LogP contribution in [-0.4, -0.2) is 4.98 Å². The molecular weight excluding hydrogens is 120 g/mol. The van der Waals surface area contributed by atoms with Gasteiger partial charge in [0.1, 0.15) is 0 Å². The molecule has 1 heterocycles. The molecule has 1 rings (SSSR count). The Bertz CT molecular complexity index is 192. The monoisotopic (exact) mass is 126 g/mol. The molecule has 0 aliphatic rings. The Labute approximate surface area is 51.7 Å². The summed E-state index contributed by atoms with van der Waals surface area (Å²) in [4.78, 5) is 3.91. The second kappa shape index (κ2) is 1.96.